The zero-order valence-electron chi connectivity index (χ0n) is 66.2. The Balaban J connectivity index is 4.28. The van der Waals surface area contributed by atoms with Crippen molar-refractivity contribution in [3.8, 4) is 0 Å². The molecule has 0 saturated carbocycles. The van der Waals surface area contributed by atoms with E-state index in [1.54, 1.807) is 0 Å². The molecule has 0 aromatic rings. The van der Waals surface area contributed by atoms with Crippen LogP contribution in [0.3, 0.4) is 0 Å². The van der Waals surface area contributed by atoms with Crippen LogP contribution in [0, 0.1) is 0 Å². The van der Waals surface area contributed by atoms with E-state index < -0.39 is 24.3 Å². The zero-order valence-corrected chi connectivity index (χ0v) is 66.2. The summed E-state index contributed by atoms with van der Waals surface area (Å²) in [6.45, 7) is 4.55. The number of hydrogen-bond donors (Lipinski definition) is 1. The highest BCUT2D eigenvalue weighted by Crippen LogP contribution is 2.13. The Morgan fingerprint density at radius 2 is 0.514 bits per heavy atom. The minimum atomic E-state index is -1.54. The number of esters is 2. The Hall–Kier alpha value is -7.69. The van der Waals surface area contributed by atoms with Gasteiger partial charge in [0.25, 0.3) is 6.29 Å². The van der Waals surface area contributed by atoms with E-state index in [1.165, 1.54) is 0 Å². The third-order valence-corrected chi connectivity index (χ3v) is 15.7. The van der Waals surface area contributed by atoms with Gasteiger partial charge in [-0.05, 0) is 186 Å². The summed E-state index contributed by atoms with van der Waals surface area (Å²) in [5, 5.41) is 9.77. The summed E-state index contributed by atoms with van der Waals surface area (Å²) in [4.78, 5) is 37.7. The van der Waals surface area contributed by atoms with Crippen molar-refractivity contribution in [2.45, 2.75) is 257 Å². The number of unbranched alkanes of at least 4 members (excludes halogenated alkanes) is 9. The van der Waals surface area contributed by atoms with E-state index >= 15 is 0 Å². The summed E-state index contributed by atoms with van der Waals surface area (Å²) >= 11 is 0. The molecular formula is C96H144NO8+. The fraction of sp³-hybridized carbons (Fsp3) is 0.490. The highest BCUT2D eigenvalue weighted by molar-refractivity contribution is 5.71. The van der Waals surface area contributed by atoms with Gasteiger partial charge in [0.2, 0.25) is 0 Å². The monoisotopic (exact) mass is 1440 g/mol. The number of carbonyl (C=O) groups excluding carboxylic acids is 2. The average molecular weight is 1440 g/mol. The van der Waals surface area contributed by atoms with Crippen LogP contribution in [0.15, 0.2) is 279 Å². The summed E-state index contributed by atoms with van der Waals surface area (Å²) in [6, 6.07) is 0. The molecule has 0 fully saturated rings. The topological polar surface area (TPSA) is 108 Å². The molecule has 0 spiro atoms. The van der Waals surface area contributed by atoms with E-state index in [2.05, 4.69) is 293 Å². The second-order valence-corrected chi connectivity index (χ2v) is 26.6. The van der Waals surface area contributed by atoms with Crippen LogP contribution in [-0.4, -0.2) is 87.4 Å². The standard InChI is InChI=1S/C96H143NO8/c1-6-8-10-12-14-16-18-20-22-24-26-28-30-32-34-36-38-40-42-44-46-47-49-51-53-55-57-59-61-63-65-67-69-71-73-75-77-79-81-83-85-87-94(99)105-92(91-104-96(95(100)101)102-89-88-97(3,4)5)90-103-93(98)86-84-82-80-78-76-74-72-70-68-66-64-62-60-58-56-54-52-50-48-45-43-41-39-37-35-33-31-29-27-25-23-21-19-17-15-13-11-9-7-2/h8-11,14-17,20-23,26-29,32-35,38-41,44-46,48-49,51-52,54-55,57-58,60-61,63-64,66-67,69-70,72-73,75,92,96H,6-7,12-13,18-19,24-25,30-31,36-37,42-43,47,50,53,56,59,62,65,68,71,74,76-91H2,1-5H3/p+1/b10-8-,11-9-,16-14-,17-15-,22-20-,23-21-,28-26-,29-27-,34-32-,35-33-,40-38-,41-39-,46-44-,48-45-,51-49-,54-52-,57-55-,60-58-,63-61-,66-64-,69-67-,72-70-,75-73-. The lowest BCUT2D eigenvalue weighted by atomic mass is 10.1. The van der Waals surface area contributed by atoms with Crippen molar-refractivity contribution in [2.24, 2.45) is 0 Å². The summed E-state index contributed by atoms with van der Waals surface area (Å²) < 4.78 is 22.9. The molecule has 9 nitrogen and oxygen atoms in total. The fourth-order valence-electron chi connectivity index (χ4n) is 9.65. The normalized spacial score (nSPS) is 14.2. The summed E-state index contributed by atoms with van der Waals surface area (Å²) in [5.74, 6) is -2.10. The maximum atomic E-state index is 13.0. The number of rotatable bonds is 70. The molecule has 580 valence electrons. The van der Waals surface area contributed by atoms with E-state index in [1.807, 2.05) is 21.1 Å². The van der Waals surface area contributed by atoms with E-state index in [0.717, 1.165) is 205 Å². The van der Waals surface area contributed by atoms with Gasteiger partial charge in [0.15, 0.2) is 6.10 Å². The van der Waals surface area contributed by atoms with Crippen molar-refractivity contribution in [1.29, 1.82) is 0 Å². The number of aliphatic carboxylic acids is 1. The first-order valence-electron chi connectivity index (χ1n) is 40.1. The number of likely N-dealkylation sites (N-methyl/N-ethyl adjacent to an activating group) is 1. The minimum Gasteiger partial charge on any atom is -0.477 e. The summed E-state index contributed by atoms with van der Waals surface area (Å²) in [7, 11) is 5.94. The third-order valence-electron chi connectivity index (χ3n) is 15.7. The van der Waals surface area contributed by atoms with Crippen LogP contribution in [0.4, 0.5) is 0 Å². The van der Waals surface area contributed by atoms with Crippen molar-refractivity contribution in [3.63, 3.8) is 0 Å². The molecule has 0 aliphatic carbocycles. The molecule has 0 heterocycles. The molecule has 0 aromatic heterocycles. The first-order valence-corrected chi connectivity index (χ1v) is 40.1. The van der Waals surface area contributed by atoms with Gasteiger partial charge in [-0.15, -0.1) is 0 Å². The van der Waals surface area contributed by atoms with E-state index in [4.69, 9.17) is 18.9 Å². The highest BCUT2D eigenvalue weighted by Gasteiger charge is 2.25. The van der Waals surface area contributed by atoms with Gasteiger partial charge in [0.05, 0.1) is 34.4 Å². The molecule has 0 radical (unpaired) electrons. The molecule has 2 unspecified atom stereocenters. The SMILES string of the molecule is CC/C=C\C/C=C\C/C=C\C/C=C\C/C=C\C/C=C\C/C=C\C/C=C\C/C=C\C/C=C\C/C=C\C/C=C\CCCCCCC(=O)OC(COC(=O)CCCCCCC/C=C\C/C=C\C/C=C\C/C=C\C/C=C\C/C=C\C/C=C\C/C=C\C/C=C\C/C=C\C/C=C\CC)COC(OCC[N+](C)(C)C)C(=O)O. The number of allylic oxidation sites excluding steroid dienone is 46. The van der Waals surface area contributed by atoms with E-state index in [0.29, 0.717) is 23.9 Å². The van der Waals surface area contributed by atoms with Gasteiger partial charge in [-0.3, -0.25) is 9.59 Å². The van der Waals surface area contributed by atoms with Crippen LogP contribution < -0.4 is 0 Å². The van der Waals surface area contributed by atoms with Crippen molar-refractivity contribution < 1.29 is 42.9 Å². The number of ether oxygens (including phenoxy) is 4. The quantitative estimate of drug-likeness (QED) is 0.0211. The van der Waals surface area contributed by atoms with Gasteiger partial charge >= 0.3 is 17.9 Å². The lowest BCUT2D eigenvalue weighted by molar-refractivity contribution is -0.870. The number of quaternary nitrogens is 1. The van der Waals surface area contributed by atoms with Gasteiger partial charge in [-0.2, -0.15) is 0 Å². The molecule has 0 bridgehead atoms. The lowest BCUT2D eigenvalue weighted by Crippen LogP contribution is -2.40. The fourth-order valence-corrected chi connectivity index (χ4v) is 9.65. The van der Waals surface area contributed by atoms with E-state index in [-0.39, 0.29) is 38.6 Å². The number of hydrogen-bond acceptors (Lipinski definition) is 7. The molecule has 0 aromatic carbocycles. The first kappa shape index (κ1) is 97.3. The Kier molecular flexibility index (Phi) is 76.0. The van der Waals surface area contributed by atoms with Crippen LogP contribution in [-0.2, 0) is 33.3 Å². The lowest BCUT2D eigenvalue weighted by Gasteiger charge is -2.25. The second kappa shape index (κ2) is 82.0. The van der Waals surface area contributed by atoms with Gasteiger partial charge in [0.1, 0.15) is 13.2 Å². The second-order valence-electron chi connectivity index (χ2n) is 26.6. The predicted molar refractivity (Wildman–Crippen MR) is 455 cm³/mol. The van der Waals surface area contributed by atoms with Crippen LogP contribution >= 0.6 is 0 Å². The molecule has 0 aliphatic heterocycles. The molecule has 1 N–H and O–H groups in total. The smallest absolute Gasteiger partial charge is 0.361 e. The van der Waals surface area contributed by atoms with Crippen molar-refractivity contribution in [2.75, 3.05) is 47.5 Å². The Morgan fingerprint density at radius 3 is 0.762 bits per heavy atom. The molecule has 105 heavy (non-hydrogen) atoms. The van der Waals surface area contributed by atoms with Crippen molar-refractivity contribution in [1.82, 2.24) is 0 Å². The number of carbonyl (C=O) groups is 3. The average Bonchev–Trinajstić information content (AvgIpc) is 1.18. The Labute approximate surface area is 641 Å². The number of nitrogens with zero attached hydrogens (tertiary/aromatic N) is 1. The van der Waals surface area contributed by atoms with Crippen LogP contribution in [0.1, 0.15) is 245 Å². The van der Waals surface area contributed by atoms with Crippen LogP contribution in [0.5, 0.6) is 0 Å². The molecular weight excluding hydrogens is 1300 g/mol. The van der Waals surface area contributed by atoms with E-state index in [9.17, 15) is 19.5 Å². The van der Waals surface area contributed by atoms with Crippen LogP contribution in [0.25, 0.3) is 0 Å². The highest BCUT2D eigenvalue weighted by atomic mass is 16.7. The van der Waals surface area contributed by atoms with Gasteiger partial charge < -0.3 is 28.5 Å². The largest absolute Gasteiger partial charge is 0.477 e. The molecule has 2 atom stereocenters. The molecule has 9 heteroatoms. The van der Waals surface area contributed by atoms with Gasteiger partial charge in [-0.1, -0.05) is 325 Å². The van der Waals surface area contributed by atoms with Gasteiger partial charge in [-0.25, -0.2) is 4.79 Å². The Bertz CT molecular complexity index is 2790. The zero-order chi connectivity index (χ0) is 76.0. The summed E-state index contributed by atoms with van der Waals surface area (Å²) in [5.41, 5.74) is 0. The molecule has 0 saturated heterocycles. The summed E-state index contributed by atoms with van der Waals surface area (Å²) in [6.07, 6.45) is 133. The maximum Gasteiger partial charge on any atom is 0.361 e. The Morgan fingerprint density at radius 1 is 0.286 bits per heavy atom. The maximum absolute atomic E-state index is 13.0. The predicted octanol–water partition coefficient (Wildman–Crippen LogP) is 26.5. The molecule has 0 aliphatic rings. The van der Waals surface area contributed by atoms with Crippen molar-refractivity contribution >= 4 is 17.9 Å². The minimum absolute atomic E-state index is 0.163. The van der Waals surface area contributed by atoms with Gasteiger partial charge in [0, 0.05) is 12.8 Å². The van der Waals surface area contributed by atoms with Crippen molar-refractivity contribution in [3.05, 3.63) is 279 Å². The molecule has 0 amide bonds. The number of carboxylic acids is 1. The first-order chi connectivity index (χ1) is 51.6. The molecule has 0 rings (SSSR count). The third kappa shape index (κ3) is 83.5. The van der Waals surface area contributed by atoms with Crippen LogP contribution in [0.2, 0.25) is 0 Å². The number of carboxylic acid groups (broad SMARTS) is 1.